The Morgan fingerprint density at radius 1 is 1.38 bits per heavy atom. The second kappa shape index (κ2) is 6.65. The van der Waals surface area contributed by atoms with Crippen molar-refractivity contribution in [3.05, 3.63) is 0 Å². The standard InChI is InChI=1S/C10H20N2O3S/c1-5-10(6-2,9(13)16(14)15)7-11-8-12(3)4/h8,13H,5-7H2,1-4H3. The largest absolute Gasteiger partial charge is 0.369 e. The van der Waals surface area contributed by atoms with Gasteiger partial charge in [0.15, 0.2) is 5.05 Å². The van der Waals surface area contributed by atoms with Crippen molar-refractivity contribution < 1.29 is 13.5 Å². The van der Waals surface area contributed by atoms with Gasteiger partial charge in [-0.25, -0.2) is 0 Å². The van der Waals surface area contributed by atoms with Gasteiger partial charge in [0, 0.05) is 14.1 Å². The van der Waals surface area contributed by atoms with Crippen LogP contribution < -0.4 is 0 Å². The molecule has 0 fully saturated rings. The molecule has 0 bridgehead atoms. The van der Waals surface area contributed by atoms with Crippen molar-refractivity contribution in [3.8, 4) is 0 Å². The van der Waals surface area contributed by atoms with Crippen LogP contribution in [0.2, 0.25) is 0 Å². The second-order valence-corrected chi connectivity index (χ2v) is 4.80. The van der Waals surface area contributed by atoms with Gasteiger partial charge in [-0.05, 0) is 12.8 Å². The summed E-state index contributed by atoms with van der Waals surface area (Å²) in [6, 6.07) is 0. The van der Waals surface area contributed by atoms with E-state index < -0.39 is 20.8 Å². The highest BCUT2D eigenvalue weighted by Gasteiger charge is 2.32. The van der Waals surface area contributed by atoms with Crippen LogP contribution in [-0.2, 0) is 10.3 Å². The molecule has 0 aliphatic heterocycles. The molecule has 6 heteroatoms. The zero-order valence-electron chi connectivity index (χ0n) is 10.3. The van der Waals surface area contributed by atoms with E-state index in [1.807, 2.05) is 27.9 Å². The normalized spacial score (nSPS) is 11.8. The molecule has 0 aliphatic carbocycles. The fourth-order valence-corrected chi connectivity index (χ4v) is 2.11. The lowest BCUT2D eigenvalue weighted by atomic mass is 9.83. The van der Waals surface area contributed by atoms with Crippen molar-refractivity contribution >= 4 is 21.7 Å². The maximum absolute atomic E-state index is 10.8. The van der Waals surface area contributed by atoms with Gasteiger partial charge in [0.25, 0.3) is 0 Å². The number of nitrogens with zero attached hydrogens (tertiary/aromatic N) is 2. The molecule has 0 saturated heterocycles. The van der Waals surface area contributed by atoms with Gasteiger partial charge >= 0.3 is 0 Å². The molecule has 94 valence electrons. The summed E-state index contributed by atoms with van der Waals surface area (Å²) in [5, 5.41) is 9.13. The summed E-state index contributed by atoms with van der Waals surface area (Å²) in [5.41, 5.74) is -0.765. The van der Waals surface area contributed by atoms with E-state index in [-0.39, 0.29) is 6.54 Å². The quantitative estimate of drug-likeness (QED) is 0.431. The number of rotatable bonds is 6. The number of hydrogen-bond acceptors (Lipinski definition) is 3. The average Bonchev–Trinajstić information content (AvgIpc) is 2.23. The molecule has 0 atom stereocenters. The third-order valence-corrected chi connectivity index (χ3v) is 3.42. The Balaban J connectivity index is 5.06. The smallest absolute Gasteiger partial charge is 0.241 e. The Morgan fingerprint density at radius 2 is 1.88 bits per heavy atom. The fraction of sp³-hybridized carbons (Fsp3) is 0.800. The molecule has 0 spiro atoms. The van der Waals surface area contributed by atoms with Crippen LogP contribution in [0.4, 0.5) is 0 Å². The number of hydrogen-bond donors (Lipinski definition) is 1. The molecule has 0 radical (unpaired) electrons. The van der Waals surface area contributed by atoms with Gasteiger partial charge in [-0.15, -0.1) is 0 Å². The third-order valence-electron chi connectivity index (χ3n) is 2.67. The molecule has 5 nitrogen and oxygen atoms in total. The van der Waals surface area contributed by atoms with Crippen molar-refractivity contribution in [2.75, 3.05) is 20.6 Å². The molecule has 0 aliphatic rings. The first-order chi connectivity index (χ1) is 7.39. The van der Waals surface area contributed by atoms with Crippen molar-refractivity contribution in [3.63, 3.8) is 0 Å². The van der Waals surface area contributed by atoms with E-state index in [1.54, 1.807) is 11.2 Å². The molecule has 0 aromatic rings. The molecule has 0 aromatic heterocycles. The van der Waals surface area contributed by atoms with E-state index in [0.717, 1.165) is 0 Å². The molecule has 0 saturated carbocycles. The van der Waals surface area contributed by atoms with Crippen LogP contribution in [0.15, 0.2) is 4.99 Å². The minimum Gasteiger partial charge on any atom is -0.369 e. The van der Waals surface area contributed by atoms with E-state index >= 15 is 0 Å². The molecule has 0 heterocycles. The van der Waals surface area contributed by atoms with Crippen LogP contribution in [0.1, 0.15) is 26.7 Å². The van der Waals surface area contributed by atoms with Crippen molar-refractivity contribution in [1.29, 1.82) is 0 Å². The summed E-state index contributed by atoms with van der Waals surface area (Å²) in [7, 11) is 1.10. The Labute approximate surface area is 98.3 Å². The van der Waals surface area contributed by atoms with Gasteiger partial charge in [-0.2, -0.15) is 8.42 Å². The predicted molar refractivity (Wildman–Crippen MR) is 66.6 cm³/mol. The summed E-state index contributed by atoms with van der Waals surface area (Å²) >= 11 is 0. The summed E-state index contributed by atoms with van der Waals surface area (Å²) < 4.78 is 21.6. The number of aliphatic imine (C=N–C) groups is 1. The van der Waals surface area contributed by atoms with Gasteiger partial charge < -0.3 is 10.0 Å². The highest BCUT2D eigenvalue weighted by molar-refractivity contribution is 7.72. The van der Waals surface area contributed by atoms with E-state index in [4.69, 9.17) is 0 Å². The van der Waals surface area contributed by atoms with E-state index in [2.05, 4.69) is 4.99 Å². The molecule has 1 N–H and O–H groups in total. The van der Waals surface area contributed by atoms with Crippen LogP contribution in [-0.4, -0.2) is 50.5 Å². The lowest BCUT2D eigenvalue weighted by Crippen LogP contribution is -2.34. The topological polar surface area (TPSA) is 70.0 Å². The molecular weight excluding hydrogens is 228 g/mol. The van der Waals surface area contributed by atoms with Crippen LogP contribution in [0.3, 0.4) is 0 Å². The molecular formula is C10H20N2O3S. The van der Waals surface area contributed by atoms with Gasteiger partial charge in [0.05, 0.1) is 18.3 Å². The number of aliphatic hydroxyl groups excluding tert-OH is 1. The van der Waals surface area contributed by atoms with E-state index in [0.29, 0.717) is 12.8 Å². The van der Waals surface area contributed by atoms with Crippen molar-refractivity contribution in [2.24, 2.45) is 10.4 Å². The maximum Gasteiger partial charge on any atom is 0.241 e. The first-order valence-corrected chi connectivity index (χ1v) is 6.29. The predicted octanol–water partition coefficient (Wildman–Crippen LogP) is 0.950. The first kappa shape index (κ1) is 15.1. The lowest BCUT2D eigenvalue weighted by Gasteiger charge is -2.26. The Bertz CT molecular complexity index is 360. The van der Waals surface area contributed by atoms with Crippen LogP contribution in [0.25, 0.3) is 0 Å². The number of aliphatic hydroxyl groups is 1. The monoisotopic (exact) mass is 248 g/mol. The highest BCUT2D eigenvalue weighted by atomic mass is 32.2. The van der Waals surface area contributed by atoms with Crippen molar-refractivity contribution in [1.82, 2.24) is 4.90 Å². The Hall–Kier alpha value is -0.880. The zero-order valence-corrected chi connectivity index (χ0v) is 11.1. The van der Waals surface area contributed by atoms with Gasteiger partial charge in [-0.1, -0.05) is 13.8 Å². The Morgan fingerprint density at radius 3 is 2.19 bits per heavy atom. The minimum atomic E-state index is -2.56. The summed E-state index contributed by atoms with van der Waals surface area (Å²) in [6.07, 6.45) is 2.68. The summed E-state index contributed by atoms with van der Waals surface area (Å²) in [4.78, 5) is 5.90. The first-order valence-electron chi connectivity index (χ1n) is 5.21. The molecule has 0 amide bonds. The van der Waals surface area contributed by atoms with Crippen LogP contribution in [0, 0.1) is 5.41 Å². The molecule has 16 heavy (non-hydrogen) atoms. The van der Waals surface area contributed by atoms with Gasteiger partial charge in [0.2, 0.25) is 10.3 Å². The molecule has 0 aromatic carbocycles. The van der Waals surface area contributed by atoms with Gasteiger partial charge in [-0.3, -0.25) is 4.99 Å². The van der Waals surface area contributed by atoms with Gasteiger partial charge in [0.1, 0.15) is 0 Å². The Kier molecular flexibility index (Phi) is 6.28. The molecule has 0 rings (SSSR count). The van der Waals surface area contributed by atoms with Crippen molar-refractivity contribution in [2.45, 2.75) is 26.7 Å². The summed E-state index contributed by atoms with van der Waals surface area (Å²) in [5.74, 6) is 0. The summed E-state index contributed by atoms with van der Waals surface area (Å²) in [6.45, 7) is 3.97. The third kappa shape index (κ3) is 3.94. The van der Waals surface area contributed by atoms with Crippen LogP contribution >= 0.6 is 0 Å². The minimum absolute atomic E-state index is 0.276. The second-order valence-electron chi connectivity index (χ2n) is 3.95. The zero-order chi connectivity index (χ0) is 12.8. The molecule has 0 unspecified atom stereocenters. The maximum atomic E-state index is 10.8. The SMILES string of the molecule is CCC(CC)(CN=CN(C)C)C(O)=S(=O)=O. The average molecular weight is 248 g/mol. The van der Waals surface area contributed by atoms with E-state index in [1.165, 1.54) is 0 Å². The highest BCUT2D eigenvalue weighted by Crippen LogP contribution is 2.27. The lowest BCUT2D eigenvalue weighted by molar-refractivity contribution is 0.337. The fourth-order valence-electron chi connectivity index (χ4n) is 1.40. The van der Waals surface area contributed by atoms with E-state index in [9.17, 15) is 13.5 Å². The van der Waals surface area contributed by atoms with Crippen LogP contribution in [0.5, 0.6) is 0 Å².